The summed E-state index contributed by atoms with van der Waals surface area (Å²) in [7, 11) is 1.53. The van der Waals surface area contributed by atoms with Crippen LogP contribution in [0.2, 0.25) is 10.2 Å². The number of aromatic nitrogens is 1. The Morgan fingerprint density at radius 3 is 2.74 bits per heavy atom. The number of carbonyl (C=O) groups excluding carboxylic acids is 2. The number of nitrogens with zero attached hydrogens (tertiary/aromatic N) is 1. The average molecular weight is 306 g/mol. The molecule has 1 aromatic rings. The predicted molar refractivity (Wildman–Crippen MR) is 71.5 cm³/mol. The summed E-state index contributed by atoms with van der Waals surface area (Å²) in [6, 6.07) is 2.93. The van der Waals surface area contributed by atoms with Crippen LogP contribution < -0.4 is 10.6 Å². The van der Waals surface area contributed by atoms with Crippen LogP contribution >= 0.6 is 23.2 Å². The van der Waals surface area contributed by atoms with Crippen molar-refractivity contribution in [2.75, 3.05) is 26.8 Å². The van der Waals surface area contributed by atoms with Gasteiger partial charge in [0, 0.05) is 13.7 Å². The minimum atomic E-state index is -0.561. The molecule has 0 aromatic carbocycles. The van der Waals surface area contributed by atoms with Gasteiger partial charge in [-0.1, -0.05) is 23.2 Å². The van der Waals surface area contributed by atoms with Crippen LogP contribution in [0.5, 0.6) is 0 Å². The van der Waals surface area contributed by atoms with Crippen molar-refractivity contribution in [3.63, 3.8) is 0 Å². The van der Waals surface area contributed by atoms with Gasteiger partial charge in [0.25, 0.3) is 5.91 Å². The molecule has 0 saturated carbocycles. The molecule has 0 aliphatic carbocycles. The van der Waals surface area contributed by atoms with E-state index in [4.69, 9.17) is 27.9 Å². The third-order valence-corrected chi connectivity index (χ3v) is 2.58. The number of hydrogen-bond donors (Lipinski definition) is 2. The summed E-state index contributed by atoms with van der Waals surface area (Å²) in [6.45, 7) is 0.607. The van der Waals surface area contributed by atoms with Gasteiger partial charge in [0.05, 0.1) is 18.2 Å². The number of hydrogen-bond acceptors (Lipinski definition) is 4. The summed E-state index contributed by atoms with van der Waals surface area (Å²) in [5.74, 6) is -0.891. The lowest BCUT2D eigenvalue weighted by Crippen LogP contribution is -2.38. The Hall–Kier alpha value is -1.37. The zero-order valence-corrected chi connectivity index (χ0v) is 11.7. The largest absolute Gasteiger partial charge is 0.383 e. The molecule has 2 amide bonds. The minimum absolute atomic E-state index is 0.0149. The second kappa shape index (κ2) is 7.93. The molecule has 0 saturated heterocycles. The summed E-state index contributed by atoms with van der Waals surface area (Å²) < 4.78 is 4.77. The van der Waals surface area contributed by atoms with Crippen molar-refractivity contribution in [2.24, 2.45) is 0 Å². The van der Waals surface area contributed by atoms with Crippen LogP contribution in [-0.2, 0) is 9.53 Å². The Morgan fingerprint density at radius 1 is 1.32 bits per heavy atom. The average Bonchev–Trinajstić information content (AvgIpc) is 2.39. The minimum Gasteiger partial charge on any atom is -0.383 e. The van der Waals surface area contributed by atoms with E-state index in [1.54, 1.807) is 0 Å². The molecule has 0 aliphatic rings. The number of methoxy groups -OCH3 is 1. The molecule has 0 atom stereocenters. The highest BCUT2D eigenvalue weighted by atomic mass is 35.5. The van der Waals surface area contributed by atoms with Crippen molar-refractivity contribution in [1.29, 1.82) is 0 Å². The maximum Gasteiger partial charge on any atom is 0.271 e. The molecule has 0 radical (unpaired) electrons. The highest BCUT2D eigenvalue weighted by Gasteiger charge is 2.13. The van der Waals surface area contributed by atoms with Crippen LogP contribution in [0.1, 0.15) is 10.5 Å². The first kappa shape index (κ1) is 15.7. The molecule has 6 nitrogen and oxygen atoms in total. The first-order valence-corrected chi connectivity index (χ1v) is 6.16. The Kier molecular flexibility index (Phi) is 6.55. The molecule has 0 aliphatic heterocycles. The highest BCUT2D eigenvalue weighted by molar-refractivity contribution is 6.34. The molecule has 0 unspecified atom stereocenters. The quantitative estimate of drug-likeness (QED) is 0.604. The van der Waals surface area contributed by atoms with Crippen molar-refractivity contribution >= 4 is 35.0 Å². The molecular formula is C11H13Cl2N3O3. The van der Waals surface area contributed by atoms with Gasteiger partial charge < -0.3 is 15.4 Å². The summed E-state index contributed by atoms with van der Waals surface area (Å²) in [5.41, 5.74) is -0.0149. The third-order valence-electron chi connectivity index (χ3n) is 2.06. The lowest BCUT2D eigenvalue weighted by molar-refractivity contribution is -0.120. The third kappa shape index (κ3) is 5.42. The van der Waals surface area contributed by atoms with Gasteiger partial charge in [0.2, 0.25) is 5.91 Å². The van der Waals surface area contributed by atoms with Gasteiger partial charge in [-0.2, -0.15) is 0 Å². The van der Waals surface area contributed by atoms with Crippen LogP contribution in [-0.4, -0.2) is 43.6 Å². The zero-order valence-electron chi connectivity index (χ0n) is 10.2. The van der Waals surface area contributed by atoms with Crippen LogP contribution in [0.25, 0.3) is 0 Å². The molecule has 0 spiro atoms. The van der Waals surface area contributed by atoms with Crippen molar-refractivity contribution in [1.82, 2.24) is 15.6 Å². The number of nitrogens with one attached hydrogen (secondary N) is 2. The van der Waals surface area contributed by atoms with Gasteiger partial charge in [-0.05, 0) is 12.1 Å². The Bertz CT molecular complexity index is 468. The molecule has 2 N–H and O–H groups in total. The molecule has 1 rings (SSSR count). The molecule has 0 fully saturated rings. The van der Waals surface area contributed by atoms with E-state index in [1.807, 2.05) is 0 Å². The van der Waals surface area contributed by atoms with Crippen LogP contribution in [0.15, 0.2) is 12.1 Å². The topological polar surface area (TPSA) is 80.3 Å². The molecule has 19 heavy (non-hydrogen) atoms. The van der Waals surface area contributed by atoms with Crippen LogP contribution in [0.4, 0.5) is 0 Å². The van der Waals surface area contributed by atoms with E-state index in [9.17, 15) is 9.59 Å². The molecule has 104 valence electrons. The second-order valence-electron chi connectivity index (χ2n) is 3.49. The first-order chi connectivity index (χ1) is 9.04. The molecular weight excluding hydrogens is 293 g/mol. The SMILES string of the molecule is COCCNC(=O)CNC(=O)c1nc(Cl)ccc1Cl. The number of halogens is 2. The first-order valence-electron chi connectivity index (χ1n) is 5.40. The monoisotopic (exact) mass is 305 g/mol. The van der Waals surface area contributed by atoms with Gasteiger partial charge in [0.15, 0.2) is 0 Å². The van der Waals surface area contributed by atoms with Crippen molar-refractivity contribution < 1.29 is 14.3 Å². The van der Waals surface area contributed by atoms with E-state index in [1.165, 1.54) is 19.2 Å². The normalized spacial score (nSPS) is 10.1. The van der Waals surface area contributed by atoms with Gasteiger partial charge in [-0.25, -0.2) is 4.98 Å². The van der Waals surface area contributed by atoms with Gasteiger partial charge in [-0.3, -0.25) is 9.59 Å². The van der Waals surface area contributed by atoms with E-state index in [2.05, 4.69) is 15.6 Å². The Morgan fingerprint density at radius 2 is 2.05 bits per heavy atom. The number of amides is 2. The van der Waals surface area contributed by atoms with Crippen LogP contribution in [0, 0.1) is 0 Å². The smallest absolute Gasteiger partial charge is 0.271 e. The predicted octanol–water partition coefficient (Wildman–Crippen LogP) is 0.881. The molecule has 1 aromatic heterocycles. The number of rotatable bonds is 6. The van der Waals surface area contributed by atoms with E-state index in [-0.39, 0.29) is 28.3 Å². The fourth-order valence-electron chi connectivity index (χ4n) is 1.18. The second-order valence-corrected chi connectivity index (χ2v) is 4.28. The lowest BCUT2D eigenvalue weighted by atomic mass is 10.3. The van der Waals surface area contributed by atoms with E-state index in [0.29, 0.717) is 13.2 Å². The lowest BCUT2D eigenvalue weighted by Gasteiger charge is -2.07. The Balaban J connectivity index is 2.47. The fraction of sp³-hybridized carbons (Fsp3) is 0.364. The van der Waals surface area contributed by atoms with E-state index >= 15 is 0 Å². The standard InChI is InChI=1S/C11H13Cl2N3O3/c1-19-5-4-14-9(17)6-15-11(18)10-7(12)2-3-8(13)16-10/h2-3H,4-6H2,1H3,(H,14,17)(H,15,18). The summed E-state index contributed by atoms with van der Waals surface area (Å²) in [5, 5.41) is 5.27. The highest BCUT2D eigenvalue weighted by Crippen LogP contribution is 2.16. The molecule has 1 heterocycles. The summed E-state index contributed by atoms with van der Waals surface area (Å²) in [6.07, 6.45) is 0. The van der Waals surface area contributed by atoms with Crippen LogP contribution in [0.3, 0.4) is 0 Å². The molecule has 8 heteroatoms. The maximum atomic E-state index is 11.7. The van der Waals surface area contributed by atoms with Gasteiger partial charge >= 0.3 is 0 Å². The van der Waals surface area contributed by atoms with Crippen molar-refractivity contribution in [3.8, 4) is 0 Å². The number of ether oxygens (including phenoxy) is 1. The molecule has 0 bridgehead atoms. The van der Waals surface area contributed by atoms with Gasteiger partial charge in [0.1, 0.15) is 10.8 Å². The maximum absolute atomic E-state index is 11.7. The fourth-order valence-corrected chi connectivity index (χ4v) is 1.52. The van der Waals surface area contributed by atoms with Crippen molar-refractivity contribution in [3.05, 3.63) is 28.0 Å². The summed E-state index contributed by atoms with van der Waals surface area (Å²) in [4.78, 5) is 26.9. The zero-order chi connectivity index (χ0) is 14.3. The number of pyridine rings is 1. The Labute approximate surface area is 120 Å². The van der Waals surface area contributed by atoms with E-state index in [0.717, 1.165) is 0 Å². The van der Waals surface area contributed by atoms with Crippen molar-refractivity contribution in [2.45, 2.75) is 0 Å². The number of carbonyl (C=O) groups is 2. The summed E-state index contributed by atoms with van der Waals surface area (Å²) >= 11 is 11.5. The van der Waals surface area contributed by atoms with E-state index < -0.39 is 5.91 Å². The van der Waals surface area contributed by atoms with Gasteiger partial charge in [-0.15, -0.1) is 0 Å².